The van der Waals surface area contributed by atoms with Crippen LogP contribution in [0.5, 0.6) is 0 Å². The minimum absolute atomic E-state index is 0.000130. The second kappa shape index (κ2) is 12.9. The fourth-order valence-electron chi connectivity index (χ4n) is 5.77. The van der Waals surface area contributed by atoms with E-state index >= 15 is 0 Å². The standard InChI is InChI=1S/C34H30BrN.2C2H6/c1-23-9-20-32-31(21-23)30-19-18-29(22-33(30)34(32,2)3)36(28-16-12-26(35)13-17-28)27-14-10-25(11-15-27)24-7-5-4-6-8-24;2*1-2/h4-20,22-23H,21H2,1-3H3;2*1-2H3. The van der Waals surface area contributed by atoms with Crippen molar-refractivity contribution in [3.8, 4) is 11.1 Å². The van der Waals surface area contributed by atoms with Crippen LogP contribution < -0.4 is 4.90 Å². The van der Waals surface area contributed by atoms with Crippen molar-refractivity contribution in [3.63, 3.8) is 0 Å². The molecule has 2 aliphatic carbocycles. The van der Waals surface area contributed by atoms with Crippen molar-refractivity contribution < 1.29 is 0 Å². The molecule has 2 heteroatoms. The highest BCUT2D eigenvalue weighted by Gasteiger charge is 2.38. The molecule has 4 aromatic carbocycles. The first-order chi connectivity index (χ1) is 19.4. The summed E-state index contributed by atoms with van der Waals surface area (Å²) >= 11 is 3.61. The Bertz CT molecular complexity index is 1480. The van der Waals surface area contributed by atoms with E-state index < -0.39 is 0 Å². The topological polar surface area (TPSA) is 3.24 Å². The lowest BCUT2D eigenvalue weighted by Crippen LogP contribution is -2.18. The second-order valence-electron chi connectivity index (χ2n) is 10.5. The predicted molar refractivity (Wildman–Crippen MR) is 180 cm³/mol. The quantitative estimate of drug-likeness (QED) is 0.228. The van der Waals surface area contributed by atoms with Gasteiger partial charge in [0.15, 0.2) is 0 Å². The summed E-state index contributed by atoms with van der Waals surface area (Å²) in [6, 6.07) is 35.1. The van der Waals surface area contributed by atoms with Crippen LogP contribution >= 0.6 is 15.9 Å². The van der Waals surface area contributed by atoms with Gasteiger partial charge in [0.2, 0.25) is 0 Å². The maximum absolute atomic E-state index is 3.61. The molecule has 0 fully saturated rings. The third kappa shape index (κ3) is 5.74. The molecule has 0 aliphatic heterocycles. The minimum Gasteiger partial charge on any atom is -0.310 e. The van der Waals surface area contributed by atoms with Gasteiger partial charge in [-0.25, -0.2) is 0 Å². The Hall–Kier alpha value is -3.36. The molecule has 206 valence electrons. The van der Waals surface area contributed by atoms with Crippen molar-refractivity contribution in [2.75, 3.05) is 4.90 Å². The van der Waals surface area contributed by atoms with E-state index in [0.717, 1.165) is 22.3 Å². The normalized spacial score (nSPS) is 16.1. The van der Waals surface area contributed by atoms with E-state index in [1.807, 2.05) is 27.7 Å². The zero-order chi connectivity index (χ0) is 28.9. The summed E-state index contributed by atoms with van der Waals surface area (Å²) in [5.41, 5.74) is 11.8. The molecule has 0 radical (unpaired) electrons. The van der Waals surface area contributed by atoms with Gasteiger partial charge in [0.05, 0.1) is 0 Å². The summed E-state index contributed by atoms with van der Waals surface area (Å²) in [7, 11) is 0. The van der Waals surface area contributed by atoms with E-state index in [-0.39, 0.29) is 5.41 Å². The van der Waals surface area contributed by atoms with Crippen LogP contribution in [0.3, 0.4) is 0 Å². The summed E-state index contributed by atoms with van der Waals surface area (Å²) in [5.74, 6) is 0.590. The third-order valence-corrected chi connectivity index (χ3v) is 8.22. The highest BCUT2D eigenvalue weighted by Crippen LogP contribution is 2.52. The molecule has 1 atom stereocenters. The molecule has 0 aromatic heterocycles. The summed E-state index contributed by atoms with van der Waals surface area (Å²) in [6.45, 7) is 15.1. The van der Waals surface area contributed by atoms with Crippen molar-refractivity contribution in [2.24, 2.45) is 5.92 Å². The van der Waals surface area contributed by atoms with Gasteiger partial charge in [-0.3, -0.25) is 0 Å². The Morgan fingerprint density at radius 2 is 1.25 bits per heavy atom. The van der Waals surface area contributed by atoms with Crippen molar-refractivity contribution in [3.05, 3.63) is 130 Å². The van der Waals surface area contributed by atoms with Gasteiger partial charge >= 0.3 is 0 Å². The summed E-state index contributed by atoms with van der Waals surface area (Å²) < 4.78 is 1.08. The van der Waals surface area contributed by atoms with E-state index in [2.05, 4.69) is 151 Å². The second-order valence-corrected chi connectivity index (χ2v) is 11.4. The minimum atomic E-state index is -0.000130. The zero-order valence-electron chi connectivity index (χ0n) is 25.0. The first-order valence-electron chi connectivity index (χ1n) is 14.7. The maximum atomic E-state index is 3.61. The van der Waals surface area contributed by atoms with Crippen LogP contribution in [0, 0.1) is 5.92 Å². The maximum Gasteiger partial charge on any atom is 0.0465 e. The van der Waals surface area contributed by atoms with Gasteiger partial charge in [-0.05, 0) is 94.3 Å². The fourth-order valence-corrected chi connectivity index (χ4v) is 6.03. The molecule has 0 saturated heterocycles. The monoisotopic (exact) mass is 591 g/mol. The molecule has 40 heavy (non-hydrogen) atoms. The molecule has 1 nitrogen and oxygen atoms in total. The summed E-state index contributed by atoms with van der Waals surface area (Å²) in [6.07, 6.45) is 5.87. The van der Waals surface area contributed by atoms with Crippen molar-refractivity contribution in [1.82, 2.24) is 0 Å². The van der Waals surface area contributed by atoms with Gasteiger partial charge < -0.3 is 4.90 Å². The number of hydrogen-bond donors (Lipinski definition) is 0. The van der Waals surface area contributed by atoms with E-state index in [1.165, 1.54) is 39.1 Å². The highest BCUT2D eigenvalue weighted by atomic mass is 79.9. The number of anilines is 3. The molecule has 0 spiro atoms. The molecule has 0 bridgehead atoms. The Balaban J connectivity index is 0.000000886. The number of nitrogens with zero attached hydrogens (tertiary/aromatic N) is 1. The van der Waals surface area contributed by atoms with Crippen LogP contribution in [0.1, 0.15) is 66.0 Å². The molecule has 2 aliphatic rings. The number of allylic oxidation sites excluding steroid dienone is 4. The van der Waals surface area contributed by atoms with Crippen LogP contribution in [-0.2, 0) is 5.41 Å². The Morgan fingerprint density at radius 1 is 0.700 bits per heavy atom. The number of rotatable bonds is 4. The van der Waals surface area contributed by atoms with Crippen LogP contribution in [0.25, 0.3) is 16.7 Å². The molecule has 0 saturated carbocycles. The van der Waals surface area contributed by atoms with Crippen LogP contribution in [0.15, 0.2) is 119 Å². The average Bonchev–Trinajstić information content (AvgIpc) is 3.22. The largest absolute Gasteiger partial charge is 0.310 e. The van der Waals surface area contributed by atoms with E-state index in [4.69, 9.17) is 0 Å². The van der Waals surface area contributed by atoms with E-state index in [9.17, 15) is 0 Å². The number of benzene rings is 4. The first kappa shape index (κ1) is 29.6. The molecule has 0 heterocycles. The van der Waals surface area contributed by atoms with Gasteiger partial charge in [0.25, 0.3) is 0 Å². The number of halogens is 1. The fraction of sp³-hybridized carbons (Fsp3) is 0.263. The lowest BCUT2D eigenvalue weighted by Gasteiger charge is -2.29. The summed E-state index contributed by atoms with van der Waals surface area (Å²) in [5, 5.41) is 0. The lowest BCUT2D eigenvalue weighted by atomic mass is 9.79. The van der Waals surface area contributed by atoms with E-state index in [1.54, 1.807) is 0 Å². The number of hydrogen-bond acceptors (Lipinski definition) is 1. The predicted octanol–water partition coefficient (Wildman–Crippen LogP) is 12.3. The Labute approximate surface area is 250 Å². The van der Waals surface area contributed by atoms with Gasteiger partial charge in [0, 0.05) is 26.9 Å². The molecule has 0 N–H and O–H groups in total. The van der Waals surface area contributed by atoms with Crippen LogP contribution in [0.2, 0.25) is 0 Å². The highest BCUT2D eigenvalue weighted by molar-refractivity contribution is 9.10. The average molecular weight is 593 g/mol. The zero-order valence-corrected chi connectivity index (χ0v) is 26.6. The molecule has 1 unspecified atom stereocenters. The van der Waals surface area contributed by atoms with Crippen LogP contribution in [0.4, 0.5) is 17.1 Å². The SMILES string of the molecule is CC.CC.CC1C=CC2=C(C1)c1ccc(N(c3ccc(Br)cc3)c3ccc(-c4ccccc4)cc3)cc1C2(C)C. The molecule has 6 rings (SSSR count). The van der Waals surface area contributed by atoms with Gasteiger partial charge in [-0.1, -0.05) is 125 Å². The van der Waals surface area contributed by atoms with Gasteiger partial charge in [0.1, 0.15) is 0 Å². The molecular formula is C38H42BrN. The molecule has 0 amide bonds. The molecule has 4 aromatic rings. The van der Waals surface area contributed by atoms with Crippen molar-refractivity contribution in [1.29, 1.82) is 0 Å². The Morgan fingerprint density at radius 3 is 1.88 bits per heavy atom. The van der Waals surface area contributed by atoms with Crippen molar-refractivity contribution in [2.45, 2.75) is 60.3 Å². The lowest BCUT2D eigenvalue weighted by molar-refractivity contribution is 0.643. The van der Waals surface area contributed by atoms with Gasteiger partial charge in [-0.15, -0.1) is 0 Å². The summed E-state index contributed by atoms with van der Waals surface area (Å²) in [4.78, 5) is 2.37. The smallest absolute Gasteiger partial charge is 0.0465 e. The van der Waals surface area contributed by atoms with E-state index in [0.29, 0.717) is 5.92 Å². The van der Waals surface area contributed by atoms with Gasteiger partial charge in [-0.2, -0.15) is 0 Å². The van der Waals surface area contributed by atoms with Crippen molar-refractivity contribution >= 4 is 38.6 Å². The first-order valence-corrected chi connectivity index (χ1v) is 15.5. The van der Waals surface area contributed by atoms with Crippen LogP contribution in [-0.4, -0.2) is 0 Å². The Kier molecular flexibility index (Phi) is 9.53. The molecular weight excluding hydrogens is 550 g/mol. The third-order valence-electron chi connectivity index (χ3n) is 7.69. The number of fused-ring (bicyclic) bond motifs is 2.